The van der Waals surface area contributed by atoms with Crippen molar-refractivity contribution < 1.29 is 0 Å². The summed E-state index contributed by atoms with van der Waals surface area (Å²) >= 11 is 3.71. The molecule has 0 unspecified atom stereocenters. The van der Waals surface area contributed by atoms with Gasteiger partial charge in [0.05, 0.1) is 4.21 Å². The summed E-state index contributed by atoms with van der Waals surface area (Å²) in [6, 6.07) is 11.6. The van der Waals surface area contributed by atoms with Crippen molar-refractivity contribution in [2.75, 3.05) is 0 Å². The van der Waals surface area contributed by atoms with Gasteiger partial charge in [-0.1, -0.05) is 37.5 Å². The average Bonchev–Trinajstić information content (AvgIpc) is 2.80. The maximum Gasteiger partial charge on any atom is 0.0764 e. The lowest BCUT2D eigenvalue weighted by Gasteiger charge is -2.21. The predicted octanol–water partition coefficient (Wildman–Crippen LogP) is 4.83. The van der Waals surface area contributed by atoms with Gasteiger partial charge in [0.15, 0.2) is 0 Å². The van der Waals surface area contributed by atoms with E-state index in [1.54, 1.807) is 0 Å². The van der Waals surface area contributed by atoms with Crippen LogP contribution in [0.25, 0.3) is 10.1 Å². The van der Waals surface area contributed by atoms with Gasteiger partial charge in [0.1, 0.15) is 0 Å². The Bertz CT molecular complexity index is 453. The molecule has 0 amide bonds. The molecule has 3 rings (SSSR count). The van der Waals surface area contributed by atoms with E-state index in [1.165, 1.54) is 46.4 Å². The average molecular weight is 263 g/mol. The molecule has 1 aromatic carbocycles. The van der Waals surface area contributed by atoms with E-state index in [0.29, 0.717) is 0 Å². The van der Waals surface area contributed by atoms with E-state index in [2.05, 4.69) is 35.1 Å². The summed E-state index contributed by atoms with van der Waals surface area (Å²) in [5, 5.41) is 1.37. The maximum absolute atomic E-state index is 3.63. The van der Waals surface area contributed by atoms with Gasteiger partial charge in [0.2, 0.25) is 0 Å². The molecule has 0 atom stereocenters. The van der Waals surface area contributed by atoms with Crippen LogP contribution in [-0.2, 0) is 0 Å². The van der Waals surface area contributed by atoms with E-state index in [9.17, 15) is 0 Å². The summed E-state index contributed by atoms with van der Waals surface area (Å²) in [5.41, 5.74) is 0. The van der Waals surface area contributed by atoms with Crippen LogP contribution in [0.1, 0.15) is 32.1 Å². The number of thiophene rings is 1. The zero-order chi connectivity index (χ0) is 11.5. The van der Waals surface area contributed by atoms with Gasteiger partial charge in [-0.2, -0.15) is 0 Å². The summed E-state index contributed by atoms with van der Waals surface area (Å²) in [4.78, 5) is 0. The molecule has 0 bridgehead atoms. The smallest absolute Gasteiger partial charge is 0.0764 e. The molecule has 17 heavy (non-hydrogen) atoms. The van der Waals surface area contributed by atoms with Crippen molar-refractivity contribution >= 4 is 33.4 Å². The zero-order valence-corrected chi connectivity index (χ0v) is 11.4. The van der Waals surface area contributed by atoms with Crippen LogP contribution in [0.3, 0.4) is 0 Å². The Morgan fingerprint density at radius 3 is 2.76 bits per heavy atom. The highest BCUT2D eigenvalue weighted by atomic mass is 32.2. The van der Waals surface area contributed by atoms with Crippen molar-refractivity contribution in [2.24, 2.45) is 0 Å². The van der Waals surface area contributed by atoms with Crippen molar-refractivity contribution in [3.63, 3.8) is 0 Å². The van der Waals surface area contributed by atoms with Crippen LogP contribution in [0.5, 0.6) is 0 Å². The Morgan fingerprint density at radius 1 is 1.12 bits per heavy atom. The lowest BCUT2D eigenvalue weighted by atomic mass is 9.96. The molecule has 1 saturated carbocycles. The first kappa shape index (κ1) is 11.6. The van der Waals surface area contributed by atoms with Gasteiger partial charge < -0.3 is 0 Å². The van der Waals surface area contributed by atoms with Crippen LogP contribution in [-0.4, -0.2) is 6.04 Å². The third kappa shape index (κ3) is 2.84. The second-order valence-electron chi connectivity index (χ2n) is 4.66. The fraction of sp³-hybridized carbons (Fsp3) is 0.429. The van der Waals surface area contributed by atoms with Gasteiger partial charge in [-0.3, -0.25) is 4.72 Å². The molecule has 1 aliphatic carbocycles. The van der Waals surface area contributed by atoms with Gasteiger partial charge in [-0.15, -0.1) is 11.3 Å². The van der Waals surface area contributed by atoms with Crippen molar-refractivity contribution in [1.29, 1.82) is 0 Å². The van der Waals surface area contributed by atoms with E-state index < -0.39 is 0 Å². The topological polar surface area (TPSA) is 12.0 Å². The van der Waals surface area contributed by atoms with Crippen LogP contribution in [0.15, 0.2) is 34.5 Å². The molecule has 0 aliphatic heterocycles. The molecule has 0 spiro atoms. The fourth-order valence-corrected chi connectivity index (χ4v) is 4.45. The number of benzene rings is 1. The van der Waals surface area contributed by atoms with Gasteiger partial charge >= 0.3 is 0 Å². The number of fused-ring (bicyclic) bond motifs is 1. The summed E-state index contributed by atoms with van der Waals surface area (Å²) in [6.07, 6.45) is 6.90. The molecule has 1 aliphatic rings. The Kier molecular flexibility index (Phi) is 3.69. The highest BCUT2D eigenvalue weighted by molar-refractivity contribution is 7.99. The Labute approximate surface area is 111 Å². The lowest BCUT2D eigenvalue weighted by Crippen LogP contribution is -2.25. The molecule has 2 aromatic rings. The molecule has 1 nitrogen and oxygen atoms in total. The van der Waals surface area contributed by atoms with E-state index in [0.717, 1.165) is 6.04 Å². The third-order valence-electron chi connectivity index (χ3n) is 3.33. The first-order valence-electron chi connectivity index (χ1n) is 6.33. The van der Waals surface area contributed by atoms with Gasteiger partial charge in [0.25, 0.3) is 0 Å². The Balaban J connectivity index is 1.64. The second kappa shape index (κ2) is 5.42. The summed E-state index contributed by atoms with van der Waals surface area (Å²) < 4.78 is 6.40. The van der Waals surface area contributed by atoms with E-state index >= 15 is 0 Å². The molecule has 90 valence electrons. The molecule has 3 heteroatoms. The quantitative estimate of drug-likeness (QED) is 0.796. The van der Waals surface area contributed by atoms with Crippen LogP contribution in [0.4, 0.5) is 0 Å². The molecular formula is C14H17NS2. The Morgan fingerprint density at radius 2 is 1.94 bits per heavy atom. The number of nitrogens with one attached hydrogen (secondary N) is 1. The first-order chi connectivity index (χ1) is 8.42. The minimum absolute atomic E-state index is 0.721. The first-order valence-corrected chi connectivity index (χ1v) is 7.96. The van der Waals surface area contributed by atoms with Gasteiger partial charge in [-0.05, 0) is 42.3 Å². The van der Waals surface area contributed by atoms with Crippen molar-refractivity contribution in [3.8, 4) is 0 Å². The molecule has 1 aromatic heterocycles. The summed E-state index contributed by atoms with van der Waals surface area (Å²) in [5.74, 6) is 0. The molecular weight excluding hydrogens is 246 g/mol. The van der Waals surface area contributed by atoms with Gasteiger partial charge in [-0.25, -0.2) is 0 Å². The summed E-state index contributed by atoms with van der Waals surface area (Å²) in [6.45, 7) is 0. The maximum atomic E-state index is 3.63. The van der Waals surface area contributed by atoms with Crippen LogP contribution >= 0.6 is 23.3 Å². The Hall–Kier alpha value is -0.510. The molecule has 1 heterocycles. The number of hydrogen-bond donors (Lipinski definition) is 1. The second-order valence-corrected chi connectivity index (χ2v) is 6.88. The van der Waals surface area contributed by atoms with Crippen molar-refractivity contribution in [1.82, 2.24) is 4.72 Å². The van der Waals surface area contributed by atoms with Crippen LogP contribution < -0.4 is 4.72 Å². The molecule has 1 fully saturated rings. The predicted molar refractivity (Wildman–Crippen MR) is 77.7 cm³/mol. The van der Waals surface area contributed by atoms with Crippen LogP contribution in [0.2, 0.25) is 0 Å². The normalized spacial score (nSPS) is 17.6. The minimum atomic E-state index is 0.721. The van der Waals surface area contributed by atoms with Crippen molar-refractivity contribution in [2.45, 2.75) is 42.4 Å². The lowest BCUT2D eigenvalue weighted by molar-refractivity contribution is 0.423. The molecule has 1 N–H and O–H groups in total. The highest BCUT2D eigenvalue weighted by Gasteiger charge is 2.13. The highest BCUT2D eigenvalue weighted by Crippen LogP contribution is 2.32. The van der Waals surface area contributed by atoms with E-state index in [-0.39, 0.29) is 0 Å². The zero-order valence-electron chi connectivity index (χ0n) is 9.82. The fourth-order valence-electron chi connectivity index (χ4n) is 2.37. The third-order valence-corrected chi connectivity index (χ3v) is 5.52. The largest absolute Gasteiger partial charge is 0.256 e. The van der Waals surface area contributed by atoms with E-state index in [4.69, 9.17) is 0 Å². The van der Waals surface area contributed by atoms with Crippen molar-refractivity contribution in [3.05, 3.63) is 30.3 Å². The van der Waals surface area contributed by atoms with E-state index in [1.807, 2.05) is 23.3 Å². The number of rotatable bonds is 3. The standard InChI is InChI=1S/C14H17NS2/c1-2-7-12(8-3-1)15-17-14-10-11-6-4-5-9-13(11)16-14/h4-6,9-10,12,15H,1-3,7-8H2. The SMILES string of the molecule is c1ccc2sc(SNC3CCCCC3)cc2c1. The minimum Gasteiger partial charge on any atom is -0.256 e. The molecule has 0 radical (unpaired) electrons. The molecule has 0 saturated heterocycles. The van der Waals surface area contributed by atoms with Gasteiger partial charge in [0, 0.05) is 10.7 Å². The number of hydrogen-bond acceptors (Lipinski definition) is 3. The van der Waals surface area contributed by atoms with Crippen LogP contribution in [0, 0.1) is 0 Å². The summed E-state index contributed by atoms with van der Waals surface area (Å²) in [7, 11) is 0. The monoisotopic (exact) mass is 263 g/mol.